The summed E-state index contributed by atoms with van der Waals surface area (Å²) in [5.74, 6) is -1.54. The highest BCUT2D eigenvalue weighted by Gasteiger charge is 2.26. The van der Waals surface area contributed by atoms with Gasteiger partial charge >= 0.3 is 0 Å². The molecule has 1 aliphatic rings. The van der Waals surface area contributed by atoms with Gasteiger partial charge in [0, 0.05) is 44.9 Å². The number of amides is 1. The van der Waals surface area contributed by atoms with Crippen molar-refractivity contribution in [2.75, 3.05) is 42.4 Å². The van der Waals surface area contributed by atoms with Crippen LogP contribution in [0.5, 0.6) is 0 Å². The lowest BCUT2D eigenvalue weighted by atomic mass is 10.2. The van der Waals surface area contributed by atoms with E-state index in [2.05, 4.69) is 4.98 Å². The molecule has 1 amide bonds. The summed E-state index contributed by atoms with van der Waals surface area (Å²) >= 11 is 1.21. The Balaban J connectivity index is 1.25. The first kappa shape index (κ1) is 24.1. The highest BCUT2D eigenvalue weighted by Crippen LogP contribution is 2.31. The number of aromatic nitrogens is 1. The number of rotatable bonds is 5. The Kier molecular flexibility index (Phi) is 6.35. The molecule has 5 rings (SSSR count). The van der Waals surface area contributed by atoms with E-state index in [-0.39, 0.29) is 16.3 Å². The van der Waals surface area contributed by atoms with E-state index in [0.29, 0.717) is 47.3 Å². The van der Waals surface area contributed by atoms with Crippen LogP contribution in [-0.4, -0.2) is 57.4 Å². The minimum atomic E-state index is -3.77. The SMILES string of the molecule is CN(c1ccccc1)S(=O)(=O)c1ccc(C(=O)N2CCN(c3nc4c(F)cc(F)cc4s3)CC2)cc1. The quantitative estimate of drug-likeness (QED) is 0.385. The van der Waals surface area contributed by atoms with E-state index >= 15 is 0 Å². The molecule has 186 valence electrons. The topological polar surface area (TPSA) is 73.8 Å². The molecule has 11 heteroatoms. The zero-order valence-corrected chi connectivity index (χ0v) is 20.9. The third kappa shape index (κ3) is 4.51. The molecular formula is C25H22F2N4O3S2. The average molecular weight is 529 g/mol. The van der Waals surface area contributed by atoms with Gasteiger partial charge < -0.3 is 9.80 Å². The van der Waals surface area contributed by atoms with Crippen molar-refractivity contribution in [2.24, 2.45) is 0 Å². The number of hydrogen-bond donors (Lipinski definition) is 0. The fourth-order valence-corrected chi connectivity index (χ4v) is 6.32. The van der Waals surface area contributed by atoms with Crippen LogP contribution in [0.4, 0.5) is 19.6 Å². The molecule has 0 atom stereocenters. The van der Waals surface area contributed by atoms with E-state index in [1.54, 1.807) is 29.2 Å². The maximum absolute atomic E-state index is 14.0. The van der Waals surface area contributed by atoms with Gasteiger partial charge in [0.2, 0.25) is 0 Å². The molecule has 4 aromatic rings. The Labute approximate surface area is 211 Å². The zero-order chi connectivity index (χ0) is 25.4. The van der Waals surface area contributed by atoms with E-state index in [4.69, 9.17) is 0 Å². The number of carbonyl (C=O) groups excluding carboxylic acids is 1. The second-order valence-electron chi connectivity index (χ2n) is 8.34. The third-order valence-corrected chi connectivity index (χ3v) is 8.98. The fraction of sp³-hybridized carbons (Fsp3) is 0.200. The van der Waals surface area contributed by atoms with Crippen molar-refractivity contribution >= 4 is 48.3 Å². The van der Waals surface area contributed by atoms with Crippen LogP contribution in [0.2, 0.25) is 0 Å². The van der Waals surface area contributed by atoms with E-state index in [1.807, 2.05) is 11.0 Å². The van der Waals surface area contributed by atoms with Crippen molar-refractivity contribution in [2.45, 2.75) is 4.90 Å². The van der Waals surface area contributed by atoms with Crippen LogP contribution in [0.1, 0.15) is 10.4 Å². The largest absolute Gasteiger partial charge is 0.345 e. The molecule has 1 aromatic heterocycles. The van der Waals surface area contributed by atoms with Gasteiger partial charge in [-0.2, -0.15) is 0 Å². The predicted molar refractivity (Wildman–Crippen MR) is 136 cm³/mol. The van der Waals surface area contributed by atoms with Gasteiger partial charge in [0.15, 0.2) is 10.9 Å². The molecule has 1 fully saturated rings. The minimum absolute atomic E-state index is 0.0923. The van der Waals surface area contributed by atoms with Gasteiger partial charge in [-0.1, -0.05) is 29.5 Å². The molecule has 0 aliphatic carbocycles. The van der Waals surface area contributed by atoms with E-state index in [0.717, 1.165) is 6.07 Å². The summed E-state index contributed by atoms with van der Waals surface area (Å²) in [7, 11) is -2.28. The number of hydrogen-bond acceptors (Lipinski definition) is 6. The van der Waals surface area contributed by atoms with E-state index in [1.165, 1.54) is 53.0 Å². The molecule has 0 N–H and O–H groups in total. The number of carbonyl (C=O) groups is 1. The summed E-state index contributed by atoms with van der Waals surface area (Å²) in [4.78, 5) is 21.1. The molecule has 36 heavy (non-hydrogen) atoms. The molecule has 1 saturated heterocycles. The lowest BCUT2D eigenvalue weighted by molar-refractivity contribution is 0.0746. The molecule has 3 aromatic carbocycles. The van der Waals surface area contributed by atoms with Crippen LogP contribution in [-0.2, 0) is 10.0 Å². The number of thiazole rings is 1. The maximum atomic E-state index is 14.0. The number of para-hydroxylation sites is 1. The van der Waals surface area contributed by atoms with Crippen LogP contribution in [0, 0.1) is 11.6 Å². The second kappa shape index (κ2) is 9.47. The summed E-state index contributed by atoms with van der Waals surface area (Å²) < 4.78 is 55.1. The summed E-state index contributed by atoms with van der Waals surface area (Å²) in [6.45, 7) is 1.82. The molecule has 0 spiro atoms. The normalized spacial score (nSPS) is 14.3. The van der Waals surface area contributed by atoms with Crippen molar-refractivity contribution < 1.29 is 22.0 Å². The Bertz CT molecular complexity index is 1520. The third-order valence-electron chi connectivity index (χ3n) is 6.12. The summed E-state index contributed by atoms with van der Waals surface area (Å²) in [6, 6.07) is 16.7. The van der Waals surface area contributed by atoms with Gasteiger partial charge in [0.1, 0.15) is 11.3 Å². The lowest BCUT2D eigenvalue weighted by Gasteiger charge is -2.34. The summed E-state index contributed by atoms with van der Waals surface area (Å²) in [5.41, 5.74) is 1.07. The fourth-order valence-electron chi connectivity index (χ4n) is 4.07. The molecule has 0 radical (unpaired) electrons. The van der Waals surface area contributed by atoms with Gasteiger partial charge in [-0.25, -0.2) is 22.2 Å². The van der Waals surface area contributed by atoms with Crippen molar-refractivity contribution in [3.05, 3.63) is 83.9 Å². The van der Waals surface area contributed by atoms with Gasteiger partial charge in [-0.3, -0.25) is 9.10 Å². The number of fused-ring (bicyclic) bond motifs is 1. The van der Waals surface area contributed by atoms with Crippen molar-refractivity contribution in [3.8, 4) is 0 Å². The minimum Gasteiger partial charge on any atom is -0.345 e. The number of anilines is 2. The van der Waals surface area contributed by atoms with Gasteiger partial charge in [-0.05, 0) is 42.5 Å². The molecule has 0 unspecified atom stereocenters. The molecule has 0 bridgehead atoms. The highest BCUT2D eigenvalue weighted by atomic mass is 32.2. The van der Waals surface area contributed by atoms with Crippen LogP contribution < -0.4 is 9.21 Å². The molecular weight excluding hydrogens is 506 g/mol. The average Bonchev–Trinajstić information content (AvgIpc) is 3.33. The number of piperazine rings is 1. The van der Waals surface area contributed by atoms with Gasteiger partial charge in [0.05, 0.1) is 15.3 Å². The first-order valence-electron chi connectivity index (χ1n) is 11.2. The molecule has 7 nitrogen and oxygen atoms in total. The van der Waals surface area contributed by atoms with E-state index in [9.17, 15) is 22.0 Å². The standard InChI is InChI=1S/C25H22F2N4O3S2/c1-29(19-5-3-2-4-6-19)36(33,34)20-9-7-17(8-10-20)24(32)30-11-13-31(14-12-30)25-28-23-21(27)15-18(26)16-22(23)35-25/h2-10,15-16H,11-14H2,1H3. The van der Waals surface area contributed by atoms with Crippen LogP contribution in [0.3, 0.4) is 0 Å². The molecule has 1 aliphatic heterocycles. The van der Waals surface area contributed by atoms with Crippen LogP contribution in [0.25, 0.3) is 10.2 Å². The Morgan fingerprint density at radius 2 is 1.64 bits per heavy atom. The first-order chi connectivity index (χ1) is 17.2. The summed E-state index contributed by atoms with van der Waals surface area (Å²) in [6.07, 6.45) is 0. The summed E-state index contributed by atoms with van der Waals surface area (Å²) in [5, 5.41) is 0.582. The first-order valence-corrected chi connectivity index (χ1v) is 13.4. The number of sulfonamides is 1. The lowest BCUT2D eigenvalue weighted by Crippen LogP contribution is -2.48. The number of nitrogens with zero attached hydrogens (tertiary/aromatic N) is 4. The second-order valence-corrected chi connectivity index (χ2v) is 11.3. The number of benzene rings is 3. The number of halogens is 2. The zero-order valence-electron chi connectivity index (χ0n) is 19.3. The predicted octanol–water partition coefficient (Wildman–Crippen LogP) is 4.36. The smallest absolute Gasteiger partial charge is 0.264 e. The van der Waals surface area contributed by atoms with Crippen molar-refractivity contribution in [1.29, 1.82) is 0 Å². The van der Waals surface area contributed by atoms with Crippen LogP contribution in [0.15, 0.2) is 71.6 Å². The maximum Gasteiger partial charge on any atom is 0.264 e. The van der Waals surface area contributed by atoms with Crippen molar-refractivity contribution in [3.63, 3.8) is 0 Å². The van der Waals surface area contributed by atoms with Gasteiger partial charge in [0.25, 0.3) is 15.9 Å². The molecule has 2 heterocycles. The molecule has 0 saturated carbocycles. The van der Waals surface area contributed by atoms with Crippen LogP contribution >= 0.6 is 11.3 Å². The Hall–Kier alpha value is -3.57. The highest BCUT2D eigenvalue weighted by molar-refractivity contribution is 7.92. The Morgan fingerprint density at radius 1 is 0.972 bits per heavy atom. The monoisotopic (exact) mass is 528 g/mol. The van der Waals surface area contributed by atoms with E-state index < -0.39 is 21.7 Å². The van der Waals surface area contributed by atoms with Gasteiger partial charge in [-0.15, -0.1) is 0 Å². The Morgan fingerprint density at radius 3 is 2.31 bits per heavy atom. The van der Waals surface area contributed by atoms with Crippen molar-refractivity contribution in [1.82, 2.24) is 9.88 Å².